The number of nitrogens with zero attached hydrogens (tertiary/aromatic N) is 2. The van der Waals surface area contributed by atoms with Gasteiger partial charge in [-0.25, -0.2) is 13.2 Å². The zero-order valence-electron chi connectivity index (χ0n) is 13.2. The van der Waals surface area contributed by atoms with E-state index in [1.807, 2.05) is 0 Å². The molecule has 1 heterocycles. The number of carbonyl (C=O) groups excluding carboxylic acids is 3. The fraction of sp³-hybridized carbons (Fsp3) is 0.462. The fourth-order valence-electron chi connectivity index (χ4n) is 1.83. The minimum absolute atomic E-state index is 0.0843. The Labute approximate surface area is 133 Å². The van der Waals surface area contributed by atoms with Crippen LogP contribution in [0.1, 0.15) is 27.9 Å². The van der Waals surface area contributed by atoms with Gasteiger partial charge in [-0.1, -0.05) is 0 Å². The molecule has 1 rings (SSSR count). The van der Waals surface area contributed by atoms with Gasteiger partial charge in [0.05, 0.1) is 13.7 Å². The van der Waals surface area contributed by atoms with Crippen molar-refractivity contribution in [2.24, 2.45) is 7.05 Å². The molecule has 0 N–H and O–H groups in total. The van der Waals surface area contributed by atoms with Gasteiger partial charge in [0.15, 0.2) is 6.29 Å². The van der Waals surface area contributed by atoms with Gasteiger partial charge in [0, 0.05) is 14.1 Å². The van der Waals surface area contributed by atoms with Crippen molar-refractivity contribution >= 4 is 28.2 Å². The fourth-order valence-corrected chi connectivity index (χ4v) is 3.15. The first-order valence-electron chi connectivity index (χ1n) is 6.55. The number of rotatable bonds is 7. The molecule has 1 aromatic heterocycles. The highest BCUT2D eigenvalue weighted by Crippen LogP contribution is 2.22. The van der Waals surface area contributed by atoms with Crippen LogP contribution in [0.2, 0.25) is 0 Å². The maximum Gasteiger partial charge on any atom is 0.354 e. The number of hydrogen-bond acceptors (Lipinski definition) is 7. The van der Waals surface area contributed by atoms with E-state index in [1.165, 1.54) is 7.05 Å². The Morgan fingerprint density at radius 1 is 1.39 bits per heavy atom. The van der Waals surface area contributed by atoms with Crippen molar-refractivity contribution in [1.29, 1.82) is 0 Å². The average molecular weight is 346 g/mol. The van der Waals surface area contributed by atoms with Crippen molar-refractivity contribution in [3.8, 4) is 0 Å². The van der Waals surface area contributed by atoms with Crippen LogP contribution < -0.4 is 0 Å². The van der Waals surface area contributed by atoms with Gasteiger partial charge in [-0.05, 0) is 13.0 Å². The summed E-state index contributed by atoms with van der Waals surface area (Å²) in [6.45, 7) is 1.18. The number of esters is 2. The first-order valence-corrected chi connectivity index (χ1v) is 7.99. The quantitative estimate of drug-likeness (QED) is 0.497. The molecular weight excluding hydrogens is 328 g/mol. The second kappa shape index (κ2) is 7.38. The first-order chi connectivity index (χ1) is 10.7. The minimum Gasteiger partial charge on any atom is -0.468 e. The molecule has 0 aliphatic carbocycles. The van der Waals surface area contributed by atoms with Crippen molar-refractivity contribution in [2.75, 3.05) is 27.3 Å². The van der Waals surface area contributed by atoms with Crippen molar-refractivity contribution in [3.63, 3.8) is 0 Å². The SMILES string of the molecule is CCOC(=O)c1cc(S(=O)(=O)N(C)CC(=O)OC)c(C=O)n1C. The van der Waals surface area contributed by atoms with E-state index in [9.17, 15) is 22.8 Å². The molecule has 23 heavy (non-hydrogen) atoms. The molecule has 0 aromatic carbocycles. The van der Waals surface area contributed by atoms with E-state index in [1.54, 1.807) is 6.92 Å². The third kappa shape index (κ3) is 3.77. The van der Waals surface area contributed by atoms with E-state index >= 15 is 0 Å². The molecular formula is C13H18N2O7S. The molecule has 1 aromatic rings. The van der Waals surface area contributed by atoms with Gasteiger partial charge >= 0.3 is 11.9 Å². The summed E-state index contributed by atoms with van der Waals surface area (Å²) in [6, 6.07) is 1.05. The van der Waals surface area contributed by atoms with Gasteiger partial charge in [0.2, 0.25) is 10.0 Å². The second-order valence-corrected chi connectivity index (χ2v) is 6.53. The minimum atomic E-state index is -4.16. The van der Waals surface area contributed by atoms with Gasteiger partial charge in [-0.2, -0.15) is 4.31 Å². The van der Waals surface area contributed by atoms with Crippen LogP contribution in [0.4, 0.5) is 0 Å². The van der Waals surface area contributed by atoms with E-state index in [0.717, 1.165) is 29.1 Å². The molecule has 0 unspecified atom stereocenters. The zero-order valence-corrected chi connectivity index (χ0v) is 14.0. The molecule has 0 spiro atoms. The summed E-state index contributed by atoms with van der Waals surface area (Å²) < 4.78 is 36.1. The summed E-state index contributed by atoms with van der Waals surface area (Å²) in [6.07, 6.45) is 0.321. The number of ether oxygens (including phenoxy) is 2. The van der Waals surface area contributed by atoms with E-state index in [0.29, 0.717) is 6.29 Å². The monoisotopic (exact) mass is 346 g/mol. The Bertz CT molecular complexity index is 721. The largest absolute Gasteiger partial charge is 0.468 e. The van der Waals surface area contributed by atoms with E-state index in [4.69, 9.17) is 4.74 Å². The predicted molar refractivity (Wildman–Crippen MR) is 78.6 cm³/mol. The van der Waals surface area contributed by atoms with Crippen molar-refractivity contribution in [1.82, 2.24) is 8.87 Å². The molecule has 0 atom stereocenters. The maximum absolute atomic E-state index is 12.5. The Hall–Kier alpha value is -2.20. The molecule has 0 radical (unpaired) electrons. The van der Waals surface area contributed by atoms with Crippen LogP contribution in [0.15, 0.2) is 11.0 Å². The Kier molecular flexibility index (Phi) is 6.05. The van der Waals surface area contributed by atoms with Crippen LogP contribution in [0.3, 0.4) is 0 Å². The van der Waals surface area contributed by atoms with Gasteiger partial charge < -0.3 is 14.0 Å². The average Bonchev–Trinajstić information content (AvgIpc) is 2.84. The highest BCUT2D eigenvalue weighted by atomic mass is 32.2. The van der Waals surface area contributed by atoms with Crippen molar-refractivity contribution < 1.29 is 32.3 Å². The molecule has 10 heteroatoms. The summed E-state index contributed by atoms with van der Waals surface area (Å²) in [4.78, 5) is 33.9. The molecule has 0 aliphatic heterocycles. The van der Waals surface area contributed by atoms with E-state index < -0.39 is 28.5 Å². The van der Waals surface area contributed by atoms with Gasteiger partial charge in [0.25, 0.3) is 0 Å². The number of sulfonamides is 1. The molecule has 0 saturated carbocycles. The smallest absolute Gasteiger partial charge is 0.354 e. The van der Waals surface area contributed by atoms with Crippen molar-refractivity contribution in [2.45, 2.75) is 11.8 Å². The lowest BCUT2D eigenvalue weighted by Gasteiger charge is -2.15. The number of carbonyl (C=O) groups is 3. The molecule has 128 valence electrons. The van der Waals surface area contributed by atoms with Gasteiger partial charge in [-0.3, -0.25) is 9.59 Å². The number of aldehydes is 1. The van der Waals surface area contributed by atoms with Gasteiger partial charge in [0.1, 0.15) is 22.8 Å². The van der Waals surface area contributed by atoms with Crippen LogP contribution >= 0.6 is 0 Å². The lowest BCUT2D eigenvalue weighted by atomic mass is 10.4. The normalized spacial score (nSPS) is 11.3. The van der Waals surface area contributed by atoms with E-state index in [-0.39, 0.29) is 22.9 Å². The second-order valence-electron chi connectivity index (χ2n) is 4.51. The Morgan fingerprint density at radius 3 is 2.48 bits per heavy atom. The number of aromatic nitrogens is 1. The Morgan fingerprint density at radius 2 is 2.00 bits per heavy atom. The lowest BCUT2D eigenvalue weighted by molar-refractivity contribution is -0.140. The summed E-state index contributed by atoms with van der Waals surface area (Å²) in [7, 11) is -0.503. The summed E-state index contributed by atoms with van der Waals surface area (Å²) >= 11 is 0. The third-order valence-electron chi connectivity index (χ3n) is 3.11. The third-order valence-corrected chi connectivity index (χ3v) is 4.94. The van der Waals surface area contributed by atoms with Crippen LogP contribution in [-0.4, -0.2) is 62.8 Å². The zero-order chi connectivity index (χ0) is 17.8. The molecule has 0 fully saturated rings. The van der Waals surface area contributed by atoms with Crippen LogP contribution in [0.5, 0.6) is 0 Å². The van der Waals surface area contributed by atoms with Crippen LogP contribution in [-0.2, 0) is 31.3 Å². The summed E-state index contributed by atoms with van der Waals surface area (Å²) in [5.41, 5.74) is -0.302. The maximum atomic E-state index is 12.5. The highest BCUT2D eigenvalue weighted by Gasteiger charge is 2.31. The molecule has 0 bridgehead atoms. The Balaban J connectivity index is 3.36. The molecule has 0 aliphatic rings. The first kappa shape index (κ1) is 18.8. The predicted octanol–water partition coefficient (Wildman–Crippen LogP) is -0.192. The number of hydrogen-bond donors (Lipinski definition) is 0. The number of methoxy groups -OCH3 is 1. The topological polar surface area (TPSA) is 112 Å². The van der Waals surface area contributed by atoms with Crippen molar-refractivity contribution in [3.05, 3.63) is 17.5 Å². The molecule has 0 amide bonds. The standard InChI is InChI=1S/C13H18N2O7S/c1-5-22-13(18)9-6-11(10(8-16)15(9)3)23(19,20)14(2)7-12(17)21-4/h6,8H,5,7H2,1-4H3. The number of likely N-dealkylation sites (N-methyl/N-ethyl adjacent to an activating group) is 1. The lowest BCUT2D eigenvalue weighted by Crippen LogP contribution is -2.33. The summed E-state index contributed by atoms with van der Waals surface area (Å²) in [5, 5.41) is 0. The van der Waals surface area contributed by atoms with E-state index in [2.05, 4.69) is 4.74 Å². The summed E-state index contributed by atoms with van der Waals surface area (Å²) in [5.74, 6) is -1.51. The molecule has 9 nitrogen and oxygen atoms in total. The van der Waals surface area contributed by atoms with Crippen LogP contribution in [0.25, 0.3) is 0 Å². The molecule has 0 saturated heterocycles. The van der Waals surface area contributed by atoms with Crippen LogP contribution in [0, 0.1) is 0 Å². The van der Waals surface area contributed by atoms with Gasteiger partial charge in [-0.15, -0.1) is 0 Å². The highest BCUT2D eigenvalue weighted by molar-refractivity contribution is 7.89.